The molecule has 116 valence electrons. The number of hydrogen-bond donors (Lipinski definition) is 1. The topological polar surface area (TPSA) is 55.6 Å². The van der Waals surface area contributed by atoms with Gasteiger partial charge in [0, 0.05) is 12.6 Å². The van der Waals surface area contributed by atoms with Crippen LogP contribution >= 0.6 is 0 Å². The predicted molar refractivity (Wildman–Crippen MR) is 80.5 cm³/mol. The second-order valence-corrected chi connectivity index (χ2v) is 7.37. The lowest BCUT2D eigenvalue weighted by Gasteiger charge is -2.34. The standard InChI is InChI=1S/C16H30N2O2/c1-16(2,3)20-15(19)18-11-10-13(17)14(18)12-8-6-4-5-7-9-12/h12-14H,4-11,17H2,1-3H3. The molecule has 1 saturated heterocycles. The number of hydrogen-bond acceptors (Lipinski definition) is 3. The van der Waals surface area contributed by atoms with Gasteiger partial charge in [0.05, 0.1) is 6.04 Å². The van der Waals surface area contributed by atoms with Crippen LogP contribution in [0.1, 0.15) is 65.7 Å². The van der Waals surface area contributed by atoms with Gasteiger partial charge in [0.25, 0.3) is 0 Å². The zero-order valence-corrected chi connectivity index (χ0v) is 13.2. The molecular formula is C16H30N2O2. The highest BCUT2D eigenvalue weighted by molar-refractivity contribution is 5.69. The largest absolute Gasteiger partial charge is 0.444 e. The lowest BCUT2D eigenvalue weighted by molar-refractivity contribution is 0.0158. The van der Waals surface area contributed by atoms with Crippen molar-refractivity contribution in [3.63, 3.8) is 0 Å². The molecule has 20 heavy (non-hydrogen) atoms. The average Bonchev–Trinajstić information content (AvgIpc) is 2.57. The zero-order valence-electron chi connectivity index (χ0n) is 13.2. The molecule has 1 aliphatic carbocycles. The van der Waals surface area contributed by atoms with Crippen molar-refractivity contribution in [1.29, 1.82) is 0 Å². The number of likely N-dealkylation sites (tertiary alicyclic amines) is 1. The second kappa shape index (κ2) is 6.33. The number of nitrogens with two attached hydrogens (primary N) is 1. The number of amides is 1. The summed E-state index contributed by atoms with van der Waals surface area (Å²) in [5.41, 5.74) is 5.87. The van der Waals surface area contributed by atoms with Crippen molar-refractivity contribution in [2.75, 3.05) is 6.54 Å². The van der Waals surface area contributed by atoms with Gasteiger partial charge in [-0.3, -0.25) is 0 Å². The number of ether oxygens (including phenoxy) is 1. The van der Waals surface area contributed by atoms with E-state index in [0.29, 0.717) is 5.92 Å². The highest BCUT2D eigenvalue weighted by Gasteiger charge is 2.41. The first-order chi connectivity index (χ1) is 9.38. The maximum absolute atomic E-state index is 12.4. The fraction of sp³-hybridized carbons (Fsp3) is 0.938. The molecule has 1 aliphatic heterocycles. The minimum atomic E-state index is -0.433. The van der Waals surface area contributed by atoms with Crippen molar-refractivity contribution >= 4 is 6.09 Å². The van der Waals surface area contributed by atoms with Gasteiger partial charge in [0.1, 0.15) is 5.60 Å². The van der Waals surface area contributed by atoms with Crippen molar-refractivity contribution in [3.05, 3.63) is 0 Å². The molecule has 0 radical (unpaired) electrons. The van der Waals surface area contributed by atoms with Gasteiger partial charge in [-0.05, 0) is 46.0 Å². The molecule has 2 atom stereocenters. The molecule has 4 nitrogen and oxygen atoms in total. The number of carbonyl (C=O) groups excluding carboxylic acids is 1. The van der Waals surface area contributed by atoms with E-state index < -0.39 is 5.60 Å². The summed E-state index contributed by atoms with van der Waals surface area (Å²) in [6.07, 6.45) is 8.33. The summed E-state index contributed by atoms with van der Waals surface area (Å²) in [7, 11) is 0. The van der Waals surface area contributed by atoms with Crippen molar-refractivity contribution in [2.45, 2.75) is 83.4 Å². The summed E-state index contributed by atoms with van der Waals surface area (Å²) in [5.74, 6) is 0.558. The smallest absolute Gasteiger partial charge is 0.410 e. The van der Waals surface area contributed by atoms with Crippen LogP contribution in [0.15, 0.2) is 0 Å². The minimum absolute atomic E-state index is 0.116. The Bertz CT molecular complexity index is 330. The van der Waals surface area contributed by atoms with Crippen LogP contribution < -0.4 is 5.73 Å². The molecule has 0 aromatic rings. The third kappa shape index (κ3) is 3.87. The van der Waals surface area contributed by atoms with E-state index >= 15 is 0 Å². The molecule has 0 aromatic carbocycles. The summed E-state index contributed by atoms with van der Waals surface area (Å²) in [6.45, 7) is 6.50. The highest BCUT2D eigenvalue weighted by atomic mass is 16.6. The Balaban J connectivity index is 2.05. The van der Waals surface area contributed by atoms with Gasteiger partial charge in [0.15, 0.2) is 0 Å². The molecule has 2 unspecified atom stereocenters. The van der Waals surface area contributed by atoms with Crippen LogP contribution in [-0.2, 0) is 4.74 Å². The van der Waals surface area contributed by atoms with E-state index in [9.17, 15) is 4.79 Å². The van der Waals surface area contributed by atoms with Gasteiger partial charge in [-0.15, -0.1) is 0 Å². The molecule has 1 saturated carbocycles. The van der Waals surface area contributed by atoms with Crippen molar-refractivity contribution in [1.82, 2.24) is 4.90 Å². The van der Waals surface area contributed by atoms with Gasteiger partial charge in [-0.1, -0.05) is 25.7 Å². The Morgan fingerprint density at radius 2 is 1.70 bits per heavy atom. The lowest BCUT2D eigenvalue weighted by atomic mass is 9.88. The van der Waals surface area contributed by atoms with Crippen molar-refractivity contribution < 1.29 is 9.53 Å². The Labute approximate surface area is 123 Å². The Morgan fingerprint density at radius 1 is 1.10 bits per heavy atom. The number of carbonyl (C=O) groups is 1. The first-order valence-corrected chi connectivity index (χ1v) is 8.14. The van der Waals surface area contributed by atoms with Gasteiger partial charge in [-0.2, -0.15) is 0 Å². The first kappa shape index (κ1) is 15.6. The quantitative estimate of drug-likeness (QED) is 0.751. The molecule has 0 aromatic heterocycles. The van der Waals surface area contributed by atoms with Crippen LogP contribution in [0.25, 0.3) is 0 Å². The molecule has 2 aliphatic rings. The Kier molecular flexibility index (Phi) is 4.95. The molecule has 0 spiro atoms. The molecule has 1 amide bonds. The van der Waals surface area contributed by atoms with E-state index in [-0.39, 0.29) is 18.2 Å². The summed E-state index contributed by atoms with van der Waals surface area (Å²) >= 11 is 0. The van der Waals surface area contributed by atoms with Crippen LogP contribution in [0.4, 0.5) is 4.79 Å². The van der Waals surface area contributed by atoms with Crippen molar-refractivity contribution in [3.8, 4) is 0 Å². The molecule has 2 rings (SSSR count). The van der Waals surface area contributed by atoms with Gasteiger partial charge < -0.3 is 15.4 Å². The van der Waals surface area contributed by atoms with Crippen LogP contribution in [0.2, 0.25) is 0 Å². The summed E-state index contributed by atoms with van der Waals surface area (Å²) in [6, 6.07) is 0.300. The second-order valence-electron chi connectivity index (χ2n) is 7.37. The van der Waals surface area contributed by atoms with Gasteiger partial charge >= 0.3 is 6.09 Å². The Morgan fingerprint density at radius 3 is 2.25 bits per heavy atom. The summed E-state index contributed by atoms with van der Waals surface area (Å²) in [4.78, 5) is 14.3. The fourth-order valence-corrected chi connectivity index (χ4v) is 3.63. The summed E-state index contributed by atoms with van der Waals surface area (Å²) < 4.78 is 5.55. The van der Waals surface area contributed by atoms with E-state index in [4.69, 9.17) is 10.5 Å². The van der Waals surface area contributed by atoms with E-state index in [1.54, 1.807) is 0 Å². The van der Waals surface area contributed by atoms with Gasteiger partial charge in [0.2, 0.25) is 0 Å². The number of rotatable bonds is 1. The van der Waals surface area contributed by atoms with Crippen LogP contribution in [0, 0.1) is 5.92 Å². The maximum Gasteiger partial charge on any atom is 0.410 e. The first-order valence-electron chi connectivity index (χ1n) is 8.14. The molecule has 1 heterocycles. The monoisotopic (exact) mass is 282 g/mol. The normalized spacial score (nSPS) is 29.3. The molecular weight excluding hydrogens is 252 g/mol. The molecule has 4 heteroatoms. The van der Waals surface area contributed by atoms with Crippen molar-refractivity contribution in [2.24, 2.45) is 11.7 Å². The fourth-order valence-electron chi connectivity index (χ4n) is 3.63. The van der Waals surface area contributed by atoms with E-state index in [1.165, 1.54) is 38.5 Å². The molecule has 2 fully saturated rings. The SMILES string of the molecule is CC(C)(C)OC(=O)N1CCC(N)C1C1CCCCCC1. The van der Waals surface area contributed by atoms with Crippen LogP contribution in [-0.4, -0.2) is 35.2 Å². The minimum Gasteiger partial charge on any atom is -0.444 e. The molecule has 2 N–H and O–H groups in total. The maximum atomic E-state index is 12.4. The lowest BCUT2D eigenvalue weighted by Crippen LogP contribution is -2.48. The summed E-state index contributed by atoms with van der Waals surface area (Å²) in [5, 5.41) is 0. The van der Waals surface area contributed by atoms with E-state index in [0.717, 1.165) is 13.0 Å². The molecule has 0 bridgehead atoms. The van der Waals surface area contributed by atoms with E-state index in [2.05, 4.69) is 0 Å². The third-order valence-corrected chi connectivity index (χ3v) is 4.51. The average molecular weight is 282 g/mol. The number of nitrogens with zero attached hydrogens (tertiary/aromatic N) is 1. The predicted octanol–water partition coefficient (Wildman–Crippen LogP) is 3.29. The van der Waals surface area contributed by atoms with Crippen LogP contribution in [0.3, 0.4) is 0 Å². The zero-order chi connectivity index (χ0) is 14.8. The highest BCUT2D eigenvalue weighted by Crippen LogP contribution is 2.33. The van der Waals surface area contributed by atoms with Gasteiger partial charge in [-0.25, -0.2) is 4.79 Å². The van der Waals surface area contributed by atoms with Crippen LogP contribution in [0.5, 0.6) is 0 Å². The third-order valence-electron chi connectivity index (χ3n) is 4.51. The van der Waals surface area contributed by atoms with E-state index in [1.807, 2.05) is 25.7 Å². The Hall–Kier alpha value is -0.770.